The first-order valence-corrected chi connectivity index (χ1v) is 11.2. The van der Waals surface area contributed by atoms with Gasteiger partial charge in [0.2, 0.25) is 0 Å². The minimum Gasteiger partial charge on any atom is -0.481 e. The first-order chi connectivity index (χ1) is 15.9. The standard InChI is InChI=1S/C27H26FN3O2/c1-16-6-4-8-21(14-16)33-18(3)27(32)30-25-17(2)7-5-9-22(25)26-29-23-15-19(28)10-13-24(23)31(26)20-11-12-20/h4-10,13-15,18,20H,11-12H2,1-3H3,(H,30,32)/t18-/m0/s1. The minimum absolute atomic E-state index is 0.243. The van der Waals surface area contributed by atoms with E-state index < -0.39 is 6.10 Å². The first-order valence-electron chi connectivity index (χ1n) is 11.2. The number of hydrogen-bond donors (Lipinski definition) is 1. The molecule has 168 valence electrons. The van der Waals surface area contributed by atoms with Crippen LogP contribution >= 0.6 is 0 Å². The predicted octanol–water partition coefficient (Wildman–Crippen LogP) is 6.20. The number of carbonyl (C=O) groups excluding carboxylic acids is 1. The van der Waals surface area contributed by atoms with Crippen LogP contribution in [0, 0.1) is 19.7 Å². The van der Waals surface area contributed by atoms with E-state index in [1.165, 1.54) is 12.1 Å². The topological polar surface area (TPSA) is 56.1 Å². The molecule has 0 aliphatic heterocycles. The number of halogens is 1. The number of fused-ring (bicyclic) bond motifs is 1. The fraction of sp³-hybridized carbons (Fsp3) is 0.259. The van der Waals surface area contributed by atoms with Crippen molar-refractivity contribution in [3.63, 3.8) is 0 Å². The van der Waals surface area contributed by atoms with Crippen molar-refractivity contribution in [1.82, 2.24) is 9.55 Å². The van der Waals surface area contributed by atoms with E-state index in [1.54, 1.807) is 13.0 Å². The highest BCUT2D eigenvalue weighted by Crippen LogP contribution is 2.43. The van der Waals surface area contributed by atoms with Gasteiger partial charge in [0.1, 0.15) is 17.4 Å². The van der Waals surface area contributed by atoms with E-state index in [0.717, 1.165) is 40.9 Å². The summed E-state index contributed by atoms with van der Waals surface area (Å²) in [6, 6.07) is 18.5. The number of ether oxygens (including phenoxy) is 1. The second-order valence-electron chi connectivity index (χ2n) is 8.73. The van der Waals surface area contributed by atoms with Gasteiger partial charge in [0.25, 0.3) is 5.91 Å². The van der Waals surface area contributed by atoms with Crippen molar-refractivity contribution in [2.45, 2.75) is 45.8 Å². The van der Waals surface area contributed by atoms with Crippen molar-refractivity contribution in [2.24, 2.45) is 0 Å². The van der Waals surface area contributed by atoms with Crippen molar-refractivity contribution >= 4 is 22.6 Å². The fourth-order valence-electron chi connectivity index (χ4n) is 4.16. The lowest BCUT2D eigenvalue weighted by Crippen LogP contribution is -2.30. The maximum Gasteiger partial charge on any atom is 0.265 e. The molecule has 1 saturated carbocycles. The molecule has 4 aromatic rings. The predicted molar refractivity (Wildman–Crippen MR) is 128 cm³/mol. The molecule has 1 aliphatic carbocycles. The maximum absolute atomic E-state index is 13.9. The zero-order valence-corrected chi connectivity index (χ0v) is 18.9. The van der Waals surface area contributed by atoms with Crippen LogP contribution in [0.2, 0.25) is 0 Å². The van der Waals surface area contributed by atoms with Crippen molar-refractivity contribution in [2.75, 3.05) is 5.32 Å². The Balaban J connectivity index is 1.50. The van der Waals surface area contributed by atoms with Crippen LogP contribution in [0.5, 0.6) is 5.75 Å². The van der Waals surface area contributed by atoms with E-state index in [4.69, 9.17) is 9.72 Å². The molecule has 6 heteroatoms. The Kier molecular flexibility index (Phi) is 5.36. The molecule has 1 aromatic heterocycles. The van der Waals surface area contributed by atoms with Gasteiger partial charge in [-0.2, -0.15) is 0 Å². The van der Waals surface area contributed by atoms with Gasteiger partial charge in [0, 0.05) is 17.7 Å². The van der Waals surface area contributed by atoms with Crippen molar-refractivity contribution in [3.8, 4) is 17.1 Å². The number of benzene rings is 3. The summed E-state index contributed by atoms with van der Waals surface area (Å²) in [6.45, 7) is 5.67. The first kappa shape index (κ1) is 21.2. The number of aromatic nitrogens is 2. The highest BCUT2D eigenvalue weighted by molar-refractivity contribution is 5.99. The van der Waals surface area contributed by atoms with Gasteiger partial charge >= 0.3 is 0 Å². The molecule has 33 heavy (non-hydrogen) atoms. The molecule has 0 spiro atoms. The Hall–Kier alpha value is -3.67. The van der Waals surface area contributed by atoms with Crippen LogP contribution in [0.4, 0.5) is 10.1 Å². The lowest BCUT2D eigenvalue weighted by Gasteiger charge is -2.19. The number of anilines is 1. The summed E-state index contributed by atoms with van der Waals surface area (Å²) in [7, 11) is 0. The molecule has 0 radical (unpaired) electrons. The Morgan fingerprint density at radius 1 is 1.12 bits per heavy atom. The molecule has 1 atom stereocenters. The molecule has 1 N–H and O–H groups in total. The van der Waals surface area contributed by atoms with Gasteiger partial charge in [-0.15, -0.1) is 0 Å². The number of amides is 1. The highest BCUT2D eigenvalue weighted by Gasteiger charge is 2.30. The van der Waals surface area contributed by atoms with Gasteiger partial charge in [-0.1, -0.05) is 24.3 Å². The van der Waals surface area contributed by atoms with Crippen molar-refractivity contribution < 1.29 is 13.9 Å². The maximum atomic E-state index is 13.9. The summed E-state index contributed by atoms with van der Waals surface area (Å²) in [5.74, 6) is 0.839. The van der Waals surface area contributed by atoms with Gasteiger partial charge in [0.15, 0.2) is 6.10 Å². The monoisotopic (exact) mass is 443 g/mol. The summed E-state index contributed by atoms with van der Waals surface area (Å²) in [5, 5.41) is 3.06. The Morgan fingerprint density at radius 2 is 1.91 bits per heavy atom. The van der Waals surface area contributed by atoms with Gasteiger partial charge in [-0.3, -0.25) is 4.79 Å². The van der Waals surface area contributed by atoms with Gasteiger partial charge in [-0.25, -0.2) is 9.37 Å². The molecule has 0 saturated heterocycles. The molecule has 1 aliphatic rings. The Bertz CT molecular complexity index is 1360. The van der Waals surface area contributed by atoms with E-state index in [0.29, 0.717) is 23.0 Å². The van der Waals surface area contributed by atoms with E-state index in [-0.39, 0.29) is 11.7 Å². The van der Waals surface area contributed by atoms with E-state index >= 15 is 0 Å². The van der Waals surface area contributed by atoms with Crippen LogP contribution in [-0.2, 0) is 4.79 Å². The fourth-order valence-corrected chi connectivity index (χ4v) is 4.16. The number of nitrogens with one attached hydrogen (secondary N) is 1. The van der Waals surface area contributed by atoms with Crippen molar-refractivity contribution in [3.05, 3.63) is 77.6 Å². The second kappa shape index (κ2) is 8.35. The van der Waals surface area contributed by atoms with Crippen LogP contribution in [0.1, 0.15) is 36.9 Å². The zero-order valence-electron chi connectivity index (χ0n) is 18.9. The minimum atomic E-state index is -0.685. The number of nitrogens with zero attached hydrogens (tertiary/aromatic N) is 2. The lowest BCUT2D eigenvalue weighted by atomic mass is 10.1. The molecule has 3 aromatic carbocycles. The van der Waals surface area contributed by atoms with Crippen LogP contribution in [-0.4, -0.2) is 21.6 Å². The highest BCUT2D eigenvalue weighted by atomic mass is 19.1. The quantitative estimate of drug-likeness (QED) is 0.386. The third-order valence-electron chi connectivity index (χ3n) is 6.00. The molecule has 1 amide bonds. The molecule has 0 unspecified atom stereocenters. The SMILES string of the molecule is Cc1cccc(O[C@@H](C)C(=O)Nc2c(C)cccc2-c2nc3cc(F)ccc3n2C2CC2)c1. The lowest BCUT2D eigenvalue weighted by molar-refractivity contribution is -0.122. The summed E-state index contributed by atoms with van der Waals surface area (Å²) < 4.78 is 21.9. The molecule has 5 nitrogen and oxygen atoms in total. The number of carbonyl (C=O) groups is 1. The number of aryl methyl sites for hydroxylation is 2. The summed E-state index contributed by atoms with van der Waals surface area (Å²) in [5.41, 5.74) is 5.02. The Morgan fingerprint density at radius 3 is 2.67 bits per heavy atom. The number of hydrogen-bond acceptors (Lipinski definition) is 3. The van der Waals surface area contributed by atoms with Gasteiger partial charge in [0.05, 0.1) is 16.7 Å². The molecule has 0 bridgehead atoms. The normalized spacial score (nSPS) is 14.3. The van der Waals surface area contributed by atoms with E-state index in [9.17, 15) is 9.18 Å². The zero-order chi connectivity index (χ0) is 23.1. The van der Waals surface area contributed by atoms with Gasteiger partial charge < -0.3 is 14.6 Å². The molecule has 1 fully saturated rings. The largest absolute Gasteiger partial charge is 0.481 e. The second-order valence-corrected chi connectivity index (χ2v) is 8.73. The molecule has 5 rings (SSSR count). The van der Waals surface area contributed by atoms with Crippen LogP contribution < -0.4 is 10.1 Å². The van der Waals surface area contributed by atoms with Crippen LogP contribution in [0.25, 0.3) is 22.4 Å². The number of imidazole rings is 1. The van der Waals surface area contributed by atoms with Crippen LogP contribution in [0.3, 0.4) is 0 Å². The van der Waals surface area contributed by atoms with Crippen LogP contribution in [0.15, 0.2) is 60.7 Å². The average Bonchev–Trinajstić information content (AvgIpc) is 3.55. The number of para-hydroxylation sites is 1. The smallest absolute Gasteiger partial charge is 0.265 e. The summed E-state index contributed by atoms with van der Waals surface area (Å²) in [4.78, 5) is 17.8. The molecular formula is C27H26FN3O2. The molecular weight excluding hydrogens is 417 g/mol. The van der Waals surface area contributed by atoms with Gasteiger partial charge in [-0.05, 0) is 75.1 Å². The summed E-state index contributed by atoms with van der Waals surface area (Å²) in [6.07, 6.45) is 1.44. The average molecular weight is 444 g/mol. The van der Waals surface area contributed by atoms with E-state index in [1.807, 2.05) is 56.3 Å². The summed E-state index contributed by atoms with van der Waals surface area (Å²) >= 11 is 0. The third kappa shape index (κ3) is 4.21. The number of rotatable bonds is 6. The Labute approximate surface area is 192 Å². The molecule has 1 heterocycles. The third-order valence-corrected chi connectivity index (χ3v) is 6.00. The van der Waals surface area contributed by atoms with E-state index in [2.05, 4.69) is 9.88 Å². The van der Waals surface area contributed by atoms with Crippen molar-refractivity contribution in [1.29, 1.82) is 0 Å².